The molecule has 1 unspecified atom stereocenters. The maximum absolute atomic E-state index is 12.0. The van der Waals surface area contributed by atoms with Crippen LogP contribution in [0.5, 0.6) is 5.75 Å². The minimum absolute atomic E-state index is 0.0791. The van der Waals surface area contributed by atoms with Gasteiger partial charge in [-0.15, -0.1) is 0 Å². The molecule has 7 heteroatoms. The maximum atomic E-state index is 12.0. The number of nitrogens with one attached hydrogen (secondary N) is 1. The number of ether oxygens (including phenoxy) is 1. The second kappa shape index (κ2) is 9.27. The molecule has 3 rings (SSSR count). The van der Waals surface area contributed by atoms with E-state index < -0.39 is 0 Å². The number of carbonyl (C=O) groups is 1. The number of amides is 1. The van der Waals surface area contributed by atoms with Gasteiger partial charge in [0.2, 0.25) is 0 Å². The van der Waals surface area contributed by atoms with Crippen LogP contribution in [0.3, 0.4) is 0 Å². The zero-order chi connectivity index (χ0) is 21.9. The van der Waals surface area contributed by atoms with Crippen LogP contribution in [-0.2, 0) is 4.79 Å². The van der Waals surface area contributed by atoms with Gasteiger partial charge in [0.1, 0.15) is 5.75 Å². The summed E-state index contributed by atoms with van der Waals surface area (Å²) < 4.78 is 5.41. The van der Waals surface area contributed by atoms with Crippen molar-refractivity contribution in [2.45, 2.75) is 45.6 Å². The summed E-state index contributed by atoms with van der Waals surface area (Å²) in [4.78, 5) is 14.4. The molecule has 2 aromatic carbocycles. The maximum Gasteiger partial charge on any atom is 0.277 e. The van der Waals surface area contributed by atoms with Crippen LogP contribution in [0.1, 0.15) is 51.2 Å². The second-order valence-electron chi connectivity index (χ2n) is 8.11. The Hall–Kier alpha value is -2.24. The molecule has 0 aromatic heterocycles. The van der Waals surface area contributed by atoms with E-state index >= 15 is 0 Å². The summed E-state index contributed by atoms with van der Waals surface area (Å²) in [6.45, 7) is 9.65. The van der Waals surface area contributed by atoms with Crippen molar-refractivity contribution in [2.75, 3.05) is 18.1 Å². The highest BCUT2D eigenvalue weighted by molar-refractivity contribution is 6.33. The molecule has 1 heterocycles. The van der Waals surface area contributed by atoms with Crippen LogP contribution in [0.2, 0.25) is 10.0 Å². The molecule has 1 N–H and O–H groups in total. The Morgan fingerprint density at radius 2 is 2.03 bits per heavy atom. The summed E-state index contributed by atoms with van der Waals surface area (Å²) in [7, 11) is 0. The van der Waals surface area contributed by atoms with Gasteiger partial charge < -0.3 is 9.64 Å². The predicted molar refractivity (Wildman–Crippen MR) is 124 cm³/mol. The number of benzene rings is 2. The van der Waals surface area contributed by atoms with E-state index in [1.807, 2.05) is 6.07 Å². The van der Waals surface area contributed by atoms with Crippen molar-refractivity contribution in [1.82, 2.24) is 5.43 Å². The first kappa shape index (κ1) is 22.4. The molecule has 2 aromatic rings. The highest BCUT2D eigenvalue weighted by atomic mass is 35.5. The highest BCUT2D eigenvalue weighted by Crippen LogP contribution is 2.44. The fraction of sp³-hybridized carbons (Fsp3) is 0.391. The van der Waals surface area contributed by atoms with Crippen LogP contribution in [0.15, 0.2) is 41.5 Å². The van der Waals surface area contributed by atoms with Gasteiger partial charge in [-0.1, -0.05) is 42.3 Å². The summed E-state index contributed by atoms with van der Waals surface area (Å²) in [6.07, 6.45) is 2.63. The number of hydrazone groups is 1. The average molecular weight is 448 g/mol. The lowest BCUT2D eigenvalue weighted by molar-refractivity contribution is -0.123. The average Bonchev–Trinajstić information content (AvgIpc) is 2.68. The third-order valence-corrected chi connectivity index (χ3v) is 6.05. The van der Waals surface area contributed by atoms with E-state index in [1.54, 1.807) is 30.5 Å². The minimum atomic E-state index is -0.382. The summed E-state index contributed by atoms with van der Waals surface area (Å²) in [5.74, 6) is 0.474. The molecule has 1 amide bonds. The van der Waals surface area contributed by atoms with Gasteiger partial charge in [0, 0.05) is 23.3 Å². The zero-order valence-electron chi connectivity index (χ0n) is 17.7. The largest absolute Gasteiger partial charge is 0.482 e. The Labute approximate surface area is 188 Å². The molecule has 0 fully saturated rings. The number of carbonyl (C=O) groups excluding carboxylic acids is 1. The first-order valence-electron chi connectivity index (χ1n) is 10.0. The smallest absolute Gasteiger partial charge is 0.277 e. The van der Waals surface area contributed by atoms with E-state index in [-0.39, 0.29) is 18.1 Å². The Bertz CT molecular complexity index is 959. The van der Waals surface area contributed by atoms with Crippen molar-refractivity contribution < 1.29 is 9.53 Å². The minimum Gasteiger partial charge on any atom is -0.482 e. The molecular formula is C23H27Cl2N3O2. The van der Waals surface area contributed by atoms with Gasteiger partial charge >= 0.3 is 0 Å². The first-order chi connectivity index (χ1) is 14.2. The molecule has 1 aliphatic heterocycles. The van der Waals surface area contributed by atoms with E-state index in [2.05, 4.69) is 49.2 Å². The van der Waals surface area contributed by atoms with Crippen molar-refractivity contribution in [3.05, 3.63) is 57.6 Å². The highest BCUT2D eigenvalue weighted by Gasteiger charge is 2.35. The van der Waals surface area contributed by atoms with Crippen LogP contribution < -0.4 is 15.1 Å². The van der Waals surface area contributed by atoms with E-state index in [4.69, 9.17) is 27.9 Å². The Morgan fingerprint density at radius 3 is 2.73 bits per heavy atom. The lowest BCUT2D eigenvalue weighted by atomic mass is 9.79. The van der Waals surface area contributed by atoms with Crippen LogP contribution in [0.4, 0.5) is 5.69 Å². The molecule has 1 atom stereocenters. The lowest BCUT2D eigenvalue weighted by Crippen LogP contribution is -2.48. The summed E-state index contributed by atoms with van der Waals surface area (Å²) >= 11 is 12.5. The number of rotatable bonds is 6. The molecule has 0 radical (unpaired) electrons. The van der Waals surface area contributed by atoms with E-state index in [0.717, 1.165) is 18.5 Å². The van der Waals surface area contributed by atoms with Crippen molar-refractivity contribution >= 4 is 41.0 Å². The van der Waals surface area contributed by atoms with E-state index in [0.29, 0.717) is 21.7 Å². The van der Waals surface area contributed by atoms with Gasteiger partial charge in [0.15, 0.2) is 6.61 Å². The van der Waals surface area contributed by atoms with Gasteiger partial charge in [-0.25, -0.2) is 5.43 Å². The summed E-state index contributed by atoms with van der Waals surface area (Å²) in [5, 5.41) is 5.09. The third kappa shape index (κ3) is 4.90. The molecule has 0 aliphatic carbocycles. The number of hydrogen-bond donors (Lipinski definition) is 1. The van der Waals surface area contributed by atoms with Crippen molar-refractivity contribution in [3.63, 3.8) is 0 Å². The Morgan fingerprint density at radius 1 is 1.30 bits per heavy atom. The van der Waals surface area contributed by atoms with Gasteiger partial charge in [0.05, 0.1) is 16.3 Å². The number of anilines is 1. The molecule has 1 aliphatic rings. The van der Waals surface area contributed by atoms with E-state index in [9.17, 15) is 4.79 Å². The lowest BCUT2D eigenvalue weighted by Gasteiger charge is -2.47. The summed E-state index contributed by atoms with van der Waals surface area (Å²) in [6, 6.07) is 11.1. The number of para-hydroxylation sites is 1. The SMILES string of the molecule is CCN1c2cc(Cl)c(/C=N/NC(=O)COc3ccccc3Cl)cc2C(C)CC1(C)C. The first-order valence-corrected chi connectivity index (χ1v) is 10.8. The van der Waals surface area contributed by atoms with Crippen LogP contribution in [0.25, 0.3) is 0 Å². The van der Waals surface area contributed by atoms with Gasteiger partial charge in [-0.05, 0) is 62.9 Å². The fourth-order valence-corrected chi connectivity index (χ4v) is 4.53. The van der Waals surface area contributed by atoms with Crippen LogP contribution in [-0.4, -0.2) is 30.8 Å². The van der Waals surface area contributed by atoms with Crippen molar-refractivity contribution in [1.29, 1.82) is 0 Å². The molecule has 0 saturated carbocycles. The Kier molecular flexibility index (Phi) is 6.94. The van der Waals surface area contributed by atoms with Crippen LogP contribution in [0, 0.1) is 0 Å². The van der Waals surface area contributed by atoms with Gasteiger partial charge in [-0.3, -0.25) is 4.79 Å². The molecule has 0 saturated heterocycles. The molecule has 0 bridgehead atoms. The fourth-order valence-electron chi connectivity index (χ4n) is 4.13. The number of nitrogens with zero attached hydrogens (tertiary/aromatic N) is 2. The normalized spacial score (nSPS) is 17.7. The standard InChI is InChI=1S/C23H27Cl2N3O2/c1-5-28-20-11-19(25)16(10-17(20)15(2)12-23(28,3)4)13-26-27-22(29)14-30-21-9-7-6-8-18(21)24/h6-11,13,15H,5,12,14H2,1-4H3,(H,27,29)/b26-13+. The zero-order valence-corrected chi connectivity index (χ0v) is 19.2. The van der Waals surface area contributed by atoms with Crippen molar-refractivity contribution in [3.8, 4) is 5.75 Å². The quantitative estimate of drug-likeness (QED) is 0.460. The number of halogens is 2. The van der Waals surface area contributed by atoms with Gasteiger partial charge in [-0.2, -0.15) is 5.10 Å². The van der Waals surface area contributed by atoms with Crippen molar-refractivity contribution in [2.24, 2.45) is 5.10 Å². The topological polar surface area (TPSA) is 53.9 Å². The van der Waals surface area contributed by atoms with Gasteiger partial charge in [0.25, 0.3) is 5.91 Å². The molecule has 160 valence electrons. The summed E-state index contributed by atoms with van der Waals surface area (Å²) in [5.41, 5.74) is 5.73. The predicted octanol–water partition coefficient (Wildman–Crippen LogP) is 5.63. The molecule has 30 heavy (non-hydrogen) atoms. The van der Waals surface area contributed by atoms with E-state index in [1.165, 1.54) is 11.3 Å². The monoisotopic (exact) mass is 447 g/mol. The molecule has 0 spiro atoms. The Balaban J connectivity index is 1.68. The van der Waals surface area contributed by atoms with Crippen LogP contribution >= 0.6 is 23.2 Å². The number of fused-ring (bicyclic) bond motifs is 1. The molecular weight excluding hydrogens is 421 g/mol. The number of hydrogen-bond acceptors (Lipinski definition) is 4. The second-order valence-corrected chi connectivity index (χ2v) is 8.92. The molecule has 5 nitrogen and oxygen atoms in total. The third-order valence-electron chi connectivity index (χ3n) is 5.41.